The van der Waals surface area contributed by atoms with Crippen LogP contribution in [0.2, 0.25) is 0 Å². The number of H-pyrrole nitrogens is 1. The summed E-state index contributed by atoms with van der Waals surface area (Å²) in [6.45, 7) is 3.03. The number of benzene rings is 1. The quantitative estimate of drug-likeness (QED) is 0.863. The Bertz CT molecular complexity index is 732. The first kappa shape index (κ1) is 16.0. The number of hydrogen-bond acceptors (Lipinski definition) is 5. The summed E-state index contributed by atoms with van der Waals surface area (Å²) in [4.78, 5) is 14.5. The van der Waals surface area contributed by atoms with Crippen molar-refractivity contribution in [2.75, 3.05) is 26.4 Å². The molecule has 2 N–H and O–H groups in total. The summed E-state index contributed by atoms with van der Waals surface area (Å²) in [5.74, 6) is 1.97. The molecule has 1 aromatic heterocycles. The number of hydrogen-bond donors (Lipinski definition) is 2. The third kappa shape index (κ3) is 3.76. The first-order valence-electron chi connectivity index (χ1n) is 8.65. The van der Waals surface area contributed by atoms with Gasteiger partial charge >= 0.3 is 0 Å². The van der Waals surface area contributed by atoms with Crippen LogP contribution in [0.3, 0.4) is 0 Å². The van der Waals surface area contributed by atoms with Crippen molar-refractivity contribution >= 4 is 5.91 Å². The minimum absolute atomic E-state index is 0.0444. The van der Waals surface area contributed by atoms with Gasteiger partial charge in [-0.05, 0) is 43.1 Å². The summed E-state index contributed by atoms with van der Waals surface area (Å²) in [6, 6.07) is 7.76. The Labute approximate surface area is 146 Å². The molecule has 1 amide bonds. The second-order valence-corrected chi connectivity index (χ2v) is 6.55. The number of aromatic amines is 1. The largest absolute Gasteiger partial charge is 0.454 e. The number of piperidine rings is 1. The Hall–Kier alpha value is -2.54. The Morgan fingerprint density at radius 1 is 1.32 bits per heavy atom. The highest BCUT2D eigenvalue weighted by Gasteiger charge is 2.23. The minimum atomic E-state index is 0.0444. The molecular formula is C18H22N4O3. The monoisotopic (exact) mass is 342 g/mol. The van der Waals surface area contributed by atoms with Crippen molar-refractivity contribution in [3.05, 3.63) is 41.7 Å². The maximum absolute atomic E-state index is 12.3. The topological polar surface area (TPSA) is 79.5 Å². The van der Waals surface area contributed by atoms with Crippen LogP contribution in [0.5, 0.6) is 11.5 Å². The van der Waals surface area contributed by atoms with Crippen molar-refractivity contribution in [1.29, 1.82) is 0 Å². The van der Waals surface area contributed by atoms with Crippen LogP contribution >= 0.6 is 0 Å². The van der Waals surface area contributed by atoms with Crippen LogP contribution in [0.4, 0.5) is 0 Å². The van der Waals surface area contributed by atoms with Gasteiger partial charge in [0.15, 0.2) is 11.5 Å². The molecule has 7 nitrogen and oxygen atoms in total. The molecule has 0 spiro atoms. The SMILES string of the molecule is O=C(CN1CCCC(c2ccn[nH]2)C1)NCc1ccc2c(c1)OCO2. The number of nitrogens with one attached hydrogen (secondary N) is 2. The number of aromatic nitrogens is 2. The molecule has 1 unspecified atom stereocenters. The van der Waals surface area contributed by atoms with Crippen LogP contribution in [0.15, 0.2) is 30.5 Å². The fraction of sp³-hybridized carbons (Fsp3) is 0.444. The molecule has 2 aromatic rings. The van der Waals surface area contributed by atoms with E-state index in [1.165, 1.54) is 0 Å². The first-order chi connectivity index (χ1) is 12.3. The lowest BCUT2D eigenvalue weighted by Crippen LogP contribution is -2.41. The molecule has 132 valence electrons. The molecular weight excluding hydrogens is 320 g/mol. The number of fused-ring (bicyclic) bond motifs is 1. The standard InChI is InChI=1S/C18H22N4O3/c23-18(19-9-13-3-4-16-17(8-13)25-12-24-16)11-22-7-1-2-14(10-22)15-5-6-20-21-15/h3-6,8,14H,1-2,7,9-12H2,(H,19,23)(H,20,21). The second-order valence-electron chi connectivity index (χ2n) is 6.55. The Morgan fingerprint density at radius 3 is 3.12 bits per heavy atom. The molecule has 1 aromatic carbocycles. The molecule has 2 aliphatic rings. The molecule has 0 saturated carbocycles. The molecule has 1 atom stereocenters. The fourth-order valence-corrected chi connectivity index (χ4v) is 3.46. The molecule has 25 heavy (non-hydrogen) atoms. The van der Waals surface area contributed by atoms with Gasteiger partial charge < -0.3 is 14.8 Å². The second kappa shape index (κ2) is 7.14. The molecule has 0 radical (unpaired) electrons. The van der Waals surface area contributed by atoms with Gasteiger partial charge in [-0.25, -0.2) is 0 Å². The first-order valence-corrected chi connectivity index (χ1v) is 8.65. The lowest BCUT2D eigenvalue weighted by atomic mass is 9.95. The van der Waals surface area contributed by atoms with E-state index in [0.717, 1.165) is 48.7 Å². The summed E-state index contributed by atoms with van der Waals surface area (Å²) in [7, 11) is 0. The van der Waals surface area contributed by atoms with Gasteiger partial charge in [-0.1, -0.05) is 6.07 Å². The third-order valence-electron chi connectivity index (χ3n) is 4.76. The predicted molar refractivity (Wildman–Crippen MR) is 91.4 cm³/mol. The summed E-state index contributed by atoms with van der Waals surface area (Å²) in [5.41, 5.74) is 2.16. The summed E-state index contributed by atoms with van der Waals surface area (Å²) < 4.78 is 10.7. The molecule has 0 bridgehead atoms. The number of ether oxygens (including phenoxy) is 2. The fourth-order valence-electron chi connectivity index (χ4n) is 3.46. The van der Waals surface area contributed by atoms with E-state index in [1.807, 2.05) is 24.3 Å². The van der Waals surface area contributed by atoms with Crippen molar-refractivity contribution in [3.63, 3.8) is 0 Å². The van der Waals surface area contributed by atoms with Crippen LogP contribution in [0.1, 0.15) is 30.0 Å². The van der Waals surface area contributed by atoms with E-state index < -0.39 is 0 Å². The van der Waals surface area contributed by atoms with Gasteiger partial charge in [0.25, 0.3) is 0 Å². The molecule has 0 aliphatic carbocycles. The van der Waals surface area contributed by atoms with E-state index in [4.69, 9.17) is 9.47 Å². The molecule has 1 saturated heterocycles. The smallest absolute Gasteiger partial charge is 0.234 e. The number of likely N-dealkylation sites (tertiary alicyclic amines) is 1. The molecule has 2 aliphatic heterocycles. The number of carbonyl (C=O) groups is 1. The zero-order chi connectivity index (χ0) is 17.1. The normalized spacial score (nSPS) is 19.8. The van der Waals surface area contributed by atoms with E-state index in [-0.39, 0.29) is 12.7 Å². The highest BCUT2D eigenvalue weighted by Crippen LogP contribution is 2.32. The van der Waals surface area contributed by atoms with Gasteiger partial charge in [-0.15, -0.1) is 0 Å². The Morgan fingerprint density at radius 2 is 2.24 bits per heavy atom. The Balaban J connectivity index is 1.27. The van der Waals surface area contributed by atoms with E-state index >= 15 is 0 Å². The predicted octanol–water partition coefficient (Wildman–Crippen LogP) is 1.63. The maximum Gasteiger partial charge on any atom is 0.234 e. The molecule has 7 heteroatoms. The lowest BCUT2D eigenvalue weighted by molar-refractivity contribution is -0.122. The van der Waals surface area contributed by atoms with Crippen molar-refractivity contribution in [3.8, 4) is 11.5 Å². The zero-order valence-corrected chi connectivity index (χ0v) is 14.0. The summed E-state index contributed by atoms with van der Waals surface area (Å²) >= 11 is 0. The van der Waals surface area contributed by atoms with Crippen molar-refractivity contribution in [2.24, 2.45) is 0 Å². The van der Waals surface area contributed by atoms with Gasteiger partial charge in [-0.3, -0.25) is 14.8 Å². The number of amides is 1. The summed E-state index contributed by atoms with van der Waals surface area (Å²) in [5, 5.41) is 10.1. The van der Waals surface area contributed by atoms with Crippen molar-refractivity contribution in [2.45, 2.75) is 25.3 Å². The van der Waals surface area contributed by atoms with Crippen LogP contribution < -0.4 is 14.8 Å². The van der Waals surface area contributed by atoms with Crippen LogP contribution in [0.25, 0.3) is 0 Å². The average molecular weight is 342 g/mol. The van der Waals surface area contributed by atoms with Crippen molar-refractivity contribution in [1.82, 2.24) is 20.4 Å². The molecule has 3 heterocycles. The third-order valence-corrected chi connectivity index (χ3v) is 4.76. The van der Waals surface area contributed by atoms with Gasteiger partial charge in [-0.2, -0.15) is 5.10 Å². The maximum atomic E-state index is 12.3. The van der Waals surface area contributed by atoms with Crippen molar-refractivity contribution < 1.29 is 14.3 Å². The number of nitrogens with zero attached hydrogens (tertiary/aromatic N) is 2. The van der Waals surface area contributed by atoms with Crippen LogP contribution in [-0.4, -0.2) is 47.4 Å². The highest BCUT2D eigenvalue weighted by atomic mass is 16.7. The highest BCUT2D eigenvalue weighted by molar-refractivity contribution is 5.78. The van der Waals surface area contributed by atoms with E-state index in [2.05, 4.69) is 20.4 Å². The summed E-state index contributed by atoms with van der Waals surface area (Å²) in [6.07, 6.45) is 4.02. The van der Waals surface area contributed by atoms with Gasteiger partial charge in [0, 0.05) is 30.9 Å². The Kier molecular flexibility index (Phi) is 4.56. The van der Waals surface area contributed by atoms with Gasteiger partial charge in [0.2, 0.25) is 12.7 Å². The van der Waals surface area contributed by atoms with Gasteiger partial charge in [0.05, 0.1) is 6.54 Å². The zero-order valence-electron chi connectivity index (χ0n) is 14.0. The van der Waals surface area contributed by atoms with E-state index in [1.54, 1.807) is 6.20 Å². The molecule has 1 fully saturated rings. The van der Waals surface area contributed by atoms with Crippen LogP contribution in [0, 0.1) is 0 Å². The number of carbonyl (C=O) groups excluding carboxylic acids is 1. The van der Waals surface area contributed by atoms with E-state index in [0.29, 0.717) is 19.0 Å². The lowest BCUT2D eigenvalue weighted by Gasteiger charge is -2.31. The number of rotatable bonds is 5. The van der Waals surface area contributed by atoms with E-state index in [9.17, 15) is 4.79 Å². The minimum Gasteiger partial charge on any atom is -0.454 e. The van der Waals surface area contributed by atoms with Gasteiger partial charge in [0.1, 0.15) is 0 Å². The molecule has 4 rings (SSSR count). The van der Waals surface area contributed by atoms with Crippen LogP contribution in [-0.2, 0) is 11.3 Å². The average Bonchev–Trinajstić information content (AvgIpc) is 3.31.